The first-order valence-electron chi connectivity index (χ1n) is 11.3. The summed E-state index contributed by atoms with van der Waals surface area (Å²) in [6.07, 6.45) is 8.39. The van der Waals surface area contributed by atoms with Crippen molar-refractivity contribution in [3.63, 3.8) is 0 Å². The lowest BCUT2D eigenvalue weighted by atomic mass is 9.91. The SMILES string of the molecule is Cl.Cn1c2c(c3ccc(-n4ccc(-c5ccc(Cl)cn5)cc4=O)cc31)CCN1CCCCC21. The smallest absolute Gasteiger partial charge is 0.255 e. The topological polar surface area (TPSA) is 43.1 Å². The molecule has 1 atom stereocenters. The Labute approximate surface area is 204 Å². The third-order valence-electron chi connectivity index (χ3n) is 7.14. The number of halogens is 2. The zero-order valence-corrected chi connectivity index (χ0v) is 20.1. The van der Waals surface area contributed by atoms with Crippen molar-refractivity contribution in [3.05, 3.63) is 81.5 Å². The van der Waals surface area contributed by atoms with Gasteiger partial charge in [-0.25, -0.2) is 0 Å². The number of hydrogen-bond acceptors (Lipinski definition) is 3. The molecule has 2 aliphatic rings. The number of fused-ring (bicyclic) bond motifs is 5. The van der Waals surface area contributed by atoms with Gasteiger partial charge in [-0.3, -0.25) is 19.2 Å². The van der Waals surface area contributed by atoms with Crippen molar-refractivity contribution >= 4 is 34.9 Å². The highest BCUT2D eigenvalue weighted by Crippen LogP contribution is 2.41. The summed E-state index contributed by atoms with van der Waals surface area (Å²) in [4.78, 5) is 20.0. The van der Waals surface area contributed by atoms with Gasteiger partial charge in [0.05, 0.1) is 28.0 Å². The Balaban J connectivity index is 0.00000228. The van der Waals surface area contributed by atoms with Gasteiger partial charge in [0, 0.05) is 48.7 Å². The van der Waals surface area contributed by atoms with Crippen molar-refractivity contribution in [1.29, 1.82) is 0 Å². The van der Waals surface area contributed by atoms with Crippen LogP contribution in [0.4, 0.5) is 0 Å². The minimum Gasteiger partial charge on any atom is -0.346 e. The van der Waals surface area contributed by atoms with Crippen molar-refractivity contribution in [2.45, 2.75) is 31.7 Å². The van der Waals surface area contributed by atoms with Gasteiger partial charge in [-0.15, -0.1) is 12.4 Å². The Kier molecular flexibility index (Phi) is 5.81. The minimum atomic E-state index is -0.0731. The fourth-order valence-electron chi connectivity index (χ4n) is 5.58. The standard InChI is InChI=1S/C26H25ClN4O.ClH/c1-29-24-15-19(31-13-9-17(14-25(31)32)22-8-5-18(27)16-28-22)6-7-20(24)21-10-12-30-11-3-2-4-23(30)26(21)29;/h5-9,13-16,23H,2-4,10-12H2,1H3;1H. The molecule has 0 radical (unpaired) electrons. The first-order valence-corrected chi connectivity index (χ1v) is 11.7. The van der Waals surface area contributed by atoms with E-state index in [2.05, 4.69) is 39.7 Å². The molecule has 1 aromatic carbocycles. The number of piperidine rings is 1. The number of nitrogens with zero attached hydrogens (tertiary/aromatic N) is 4. The highest BCUT2D eigenvalue weighted by atomic mass is 35.5. The van der Waals surface area contributed by atoms with Crippen LogP contribution in [-0.2, 0) is 13.5 Å². The lowest BCUT2D eigenvalue weighted by Crippen LogP contribution is -2.39. The fourth-order valence-corrected chi connectivity index (χ4v) is 5.69. The van der Waals surface area contributed by atoms with Crippen LogP contribution in [-0.4, -0.2) is 32.1 Å². The van der Waals surface area contributed by atoms with Gasteiger partial charge in [0.2, 0.25) is 0 Å². The maximum Gasteiger partial charge on any atom is 0.255 e. The van der Waals surface area contributed by atoms with Crippen LogP contribution in [0.2, 0.25) is 5.02 Å². The Morgan fingerprint density at radius 3 is 2.73 bits per heavy atom. The van der Waals surface area contributed by atoms with E-state index in [1.807, 2.05) is 18.3 Å². The van der Waals surface area contributed by atoms with Crippen LogP contribution in [0.15, 0.2) is 59.7 Å². The van der Waals surface area contributed by atoms with E-state index in [9.17, 15) is 4.79 Å². The van der Waals surface area contributed by atoms with Crippen LogP contribution in [0.1, 0.15) is 36.6 Å². The molecular formula is C26H26Cl2N4O. The third kappa shape index (κ3) is 3.68. The molecule has 0 amide bonds. The van der Waals surface area contributed by atoms with Gasteiger partial charge in [0.1, 0.15) is 0 Å². The van der Waals surface area contributed by atoms with Crippen LogP contribution in [0.3, 0.4) is 0 Å². The number of rotatable bonds is 2. The largest absolute Gasteiger partial charge is 0.346 e. The molecule has 2 aliphatic heterocycles. The average molecular weight is 481 g/mol. The fraction of sp³-hybridized carbons (Fsp3) is 0.308. The third-order valence-corrected chi connectivity index (χ3v) is 7.36. The molecule has 0 bridgehead atoms. The molecule has 33 heavy (non-hydrogen) atoms. The van der Waals surface area contributed by atoms with Gasteiger partial charge in [-0.2, -0.15) is 0 Å². The maximum absolute atomic E-state index is 13.0. The highest BCUT2D eigenvalue weighted by molar-refractivity contribution is 6.30. The number of aromatic nitrogens is 3. The molecule has 4 aromatic rings. The van der Waals surface area contributed by atoms with Crippen molar-refractivity contribution in [2.75, 3.05) is 13.1 Å². The van der Waals surface area contributed by atoms with E-state index < -0.39 is 0 Å². The minimum absolute atomic E-state index is 0. The molecule has 1 saturated heterocycles. The molecule has 1 unspecified atom stereocenters. The molecule has 6 rings (SSSR count). The molecule has 0 spiro atoms. The Morgan fingerprint density at radius 1 is 1.06 bits per heavy atom. The monoisotopic (exact) mass is 480 g/mol. The van der Waals surface area contributed by atoms with Gasteiger partial charge in [-0.05, 0) is 61.7 Å². The Hall–Kier alpha value is -2.60. The summed E-state index contributed by atoms with van der Waals surface area (Å²) in [5, 5.41) is 1.91. The number of benzene rings is 1. The highest BCUT2D eigenvalue weighted by Gasteiger charge is 2.33. The van der Waals surface area contributed by atoms with E-state index in [-0.39, 0.29) is 18.0 Å². The van der Waals surface area contributed by atoms with Gasteiger partial charge < -0.3 is 4.57 Å². The van der Waals surface area contributed by atoms with Crippen molar-refractivity contribution in [3.8, 4) is 16.9 Å². The molecule has 5 heterocycles. The summed E-state index contributed by atoms with van der Waals surface area (Å²) < 4.78 is 4.07. The van der Waals surface area contributed by atoms with E-state index in [0.717, 1.165) is 29.9 Å². The van der Waals surface area contributed by atoms with Crippen molar-refractivity contribution < 1.29 is 0 Å². The Bertz CT molecular complexity index is 1390. The first kappa shape index (κ1) is 22.2. The van der Waals surface area contributed by atoms with Crippen LogP contribution in [0.5, 0.6) is 0 Å². The number of hydrogen-bond donors (Lipinski definition) is 0. The van der Waals surface area contributed by atoms with Gasteiger partial charge in [0.15, 0.2) is 0 Å². The molecule has 7 heteroatoms. The first-order chi connectivity index (χ1) is 15.6. The maximum atomic E-state index is 13.0. The zero-order chi connectivity index (χ0) is 21.8. The van der Waals surface area contributed by atoms with Gasteiger partial charge in [-0.1, -0.05) is 24.1 Å². The molecule has 0 N–H and O–H groups in total. The van der Waals surface area contributed by atoms with Gasteiger partial charge >= 0.3 is 0 Å². The summed E-state index contributed by atoms with van der Waals surface area (Å²) in [6.45, 7) is 2.36. The number of aryl methyl sites for hydroxylation is 1. The molecule has 5 nitrogen and oxygen atoms in total. The summed E-state index contributed by atoms with van der Waals surface area (Å²) in [5.41, 5.74) is 6.51. The average Bonchev–Trinajstić information content (AvgIpc) is 3.11. The lowest BCUT2D eigenvalue weighted by Gasteiger charge is -2.40. The molecule has 1 fully saturated rings. The molecular weight excluding hydrogens is 455 g/mol. The van der Waals surface area contributed by atoms with E-state index in [0.29, 0.717) is 11.1 Å². The second kappa shape index (κ2) is 8.64. The van der Waals surface area contributed by atoms with Crippen molar-refractivity contribution in [1.82, 2.24) is 19.0 Å². The molecule has 3 aromatic heterocycles. The van der Waals surface area contributed by atoms with Crippen LogP contribution < -0.4 is 5.56 Å². The van der Waals surface area contributed by atoms with Crippen LogP contribution in [0, 0.1) is 0 Å². The van der Waals surface area contributed by atoms with E-state index in [4.69, 9.17) is 11.6 Å². The summed E-state index contributed by atoms with van der Waals surface area (Å²) in [5.74, 6) is 0. The van der Waals surface area contributed by atoms with E-state index >= 15 is 0 Å². The summed E-state index contributed by atoms with van der Waals surface area (Å²) in [7, 11) is 2.18. The predicted molar refractivity (Wildman–Crippen MR) is 136 cm³/mol. The van der Waals surface area contributed by atoms with Gasteiger partial charge in [0.25, 0.3) is 5.56 Å². The lowest BCUT2D eigenvalue weighted by molar-refractivity contribution is 0.133. The second-order valence-electron chi connectivity index (χ2n) is 8.91. The van der Waals surface area contributed by atoms with Crippen molar-refractivity contribution in [2.24, 2.45) is 7.05 Å². The molecule has 170 valence electrons. The summed E-state index contributed by atoms with van der Waals surface area (Å²) in [6, 6.07) is 14.1. The normalized spacial score (nSPS) is 17.9. The quantitative estimate of drug-likeness (QED) is 0.377. The molecule has 0 aliphatic carbocycles. The van der Waals surface area contributed by atoms with E-state index in [1.54, 1.807) is 22.9 Å². The predicted octanol–water partition coefficient (Wildman–Crippen LogP) is 5.55. The van der Waals surface area contributed by atoms with Crippen LogP contribution >= 0.6 is 24.0 Å². The number of pyridine rings is 2. The molecule has 0 saturated carbocycles. The Morgan fingerprint density at radius 2 is 1.94 bits per heavy atom. The van der Waals surface area contributed by atoms with Crippen LogP contribution in [0.25, 0.3) is 27.8 Å². The summed E-state index contributed by atoms with van der Waals surface area (Å²) >= 11 is 5.94. The second-order valence-corrected chi connectivity index (χ2v) is 9.34. The zero-order valence-electron chi connectivity index (χ0n) is 18.5. The van der Waals surface area contributed by atoms with E-state index in [1.165, 1.54) is 48.0 Å².